The first-order valence-electron chi connectivity index (χ1n) is 7.94. The molecule has 0 unspecified atom stereocenters. The van der Waals surface area contributed by atoms with Gasteiger partial charge in [-0.15, -0.1) is 0 Å². The van der Waals surface area contributed by atoms with Crippen LogP contribution in [0.2, 0.25) is 0 Å². The Morgan fingerprint density at radius 2 is 1.41 bits per heavy atom. The first-order chi connectivity index (χ1) is 12.7. The summed E-state index contributed by atoms with van der Waals surface area (Å²) < 4.78 is 67.8. The number of carbonyl (C=O) groups is 2. The number of nitrogens with one attached hydrogen (secondary N) is 1. The molecule has 0 aromatic heterocycles. The minimum Gasteiger partial charge on any atom is -0.319 e. The summed E-state index contributed by atoms with van der Waals surface area (Å²) in [7, 11) is 0. The van der Waals surface area contributed by atoms with Crippen LogP contribution >= 0.6 is 0 Å². The van der Waals surface area contributed by atoms with Crippen LogP contribution < -0.4 is 5.32 Å². The first kappa shape index (κ1) is 18.8. The highest BCUT2D eigenvalue weighted by Gasteiger charge is 2.51. The van der Waals surface area contributed by atoms with Crippen LogP contribution in [0.4, 0.5) is 26.7 Å². The number of nitrogens with zero attached hydrogens (tertiary/aromatic N) is 1. The van der Waals surface area contributed by atoms with E-state index in [1.807, 2.05) is 0 Å². The fourth-order valence-electron chi connectivity index (χ4n) is 3.08. The van der Waals surface area contributed by atoms with Crippen LogP contribution in [0.1, 0.15) is 24.5 Å². The molecule has 3 rings (SSSR count). The molecule has 1 aliphatic rings. The van der Waals surface area contributed by atoms with Crippen molar-refractivity contribution in [1.29, 1.82) is 0 Å². The molecule has 1 saturated heterocycles. The molecular weight excluding hydrogens is 371 g/mol. The second-order valence-electron chi connectivity index (χ2n) is 5.99. The Labute approximate surface area is 150 Å². The molecule has 2 aromatic rings. The molecule has 9 heteroatoms. The molecule has 0 saturated carbocycles. The number of urea groups is 1. The third kappa shape index (κ3) is 2.73. The maximum absolute atomic E-state index is 13.9. The quantitative estimate of drug-likeness (QED) is 0.378. The lowest BCUT2D eigenvalue weighted by atomic mass is 9.87. The molecule has 27 heavy (non-hydrogen) atoms. The monoisotopic (exact) mass is 384 g/mol. The lowest BCUT2D eigenvalue weighted by Gasteiger charge is -2.25. The number of halogens is 5. The lowest BCUT2D eigenvalue weighted by molar-refractivity contribution is -0.132. The van der Waals surface area contributed by atoms with Gasteiger partial charge in [0.2, 0.25) is 5.82 Å². The molecule has 142 valence electrons. The normalized spacial score (nSPS) is 19.6. The van der Waals surface area contributed by atoms with Gasteiger partial charge in [0.25, 0.3) is 5.91 Å². The Hall–Kier alpha value is -2.97. The van der Waals surface area contributed by atoms with Gasteiger partial charge in [-0.2, -0.15) is 0 Å². The largest absolute Gasteiger partial charge is 0.325 e. The van der Waals surface area contributed by atoms with Gasteiger partial charge in [0, 0.05) is 5.56 Å². The van der Waals surface area contributed by atoms with Gasteiger partial charge in [-0.1, -0.05) is 37.3 Å². The molecular formula is C18H13F5N2O2. The number of hydrogen-bond acceptors (Lipinski definition) is 2. The number of imide groups is 1. The summed E-state index contributed by atoms with van der Waals surface area (Å²) in [6.07, 6.45) is 0.120. The average molecular weight is 384 g/mol. The fraction of sp³-hybridized carbons (Fsp3) is 0.222. The van der Waals surface area contributed by atoms with Gasteiger partial charge in [-0.25, -0.2) is 26.7 Å². The summed E-state index contributed by atoms with van der Waals surface area (Å²) in [5.41, 5.74) is -2.30. The van der Waals surface area contributed by atoms with E-state index in [9.17, 15) is 31.5 Å². The second kappa shape index (κ2) is 6.64. The SMILES string of the molecule is CC[C@@]1(c2ccccc2)NC(=O)N(Cc2c(F)c(F)c(F)c(F)c2F)C1=O. The Morgan fingerprint density at radius 3 is 1.93 bits per heavy atom. The zero-order valence-corrected chi connectivity index (χ0v) is 14.0. The van der Waals surface area contributed by atoms with Crippen LogP contribution in [0.25, 0.3) is 0 Å². The van der Waals surface area contributed by atoms with E-state index in [2.05, 4.69) is 5.32 Å². The number of amides is 3. The van der Waals surface area contributed by atoms with Gasteiger partial charge in [-0.05, 0) is 12.0 Å². The minimum absolute atomic E-state index is 0.120. The number of benzene rings is 2. The van der Waals surface area contributed by atoms with E-state index in [4.69, 9.17) is 0 Å². The Balaban J connectivity index is 2.03. The first-order valence-corrected chi connectivity index (χ1v) is 7.94. The van der Waals surface area contributed by atoms with Crippen LogP contribution in [-0.4, -0.2) is 16.8 Å². The van der Waals surface area contributed by atoms with Crippen LogP contribution in [0.5, 0.6) is 0 Å². The third-order valence-electron chi connectivity index (χ3n) is 4.59. The minimum atomic E-state index is -2.31. The Morgan fingerprint density at radius 1 is 0.889 bits per heavy atom. The van der Waals surface area contributed by atoms with Gasteiger partial charge >= 0.3 is 6.03 Å². The van der Waals surface area contributed by atoms with Gasteiger partial charge in [0.05, 0.1) is 6.54 Å². The maximum atomic E-state index is 13.9. The third-order valence-corrected chi connectivity index (χ3v) is 4.59. The van der Waals surface area contributed by atoms with Gasteiger partial charge in [0.1, 0.15) is 5.54 Å². The molecule has 0 bridgehead atoms. The molecule has 1 fully saturated rings. The molecule has 3 amide bonds. The van der Waals surface area contributed by atoms with Crippen molar-refractivity contribution in [2.45, 2.75) is 25.4 Å². The van der Waals surface area contributed by atoms with Crippen molar-refractivity contribution in [1.82, 2.24) is 10.2 Å². The smallest absolute Gasteiger partial charge is 0.319 e. The van der Waals surface area contributed by atoms with Crippen molar-refractivity contribution >= 4 is 11.9 Å². The lowest BCUT2D eigenvalue weighted by Crippen LogP contribution is -2.43. The van der Waals surface area contributed by atoms with Crippen molar-refractivity contribution in [2.75, 3.05) is 0 Å². The summed E-state index contributed by atoms with van der Waals surface area (Å²) in [4.78, 5) is 25.6. The average Bonchev–Trinajstić information content (AvgIpc) is 2.93. The highest BCUT2D eigenvalue weighted by molar-refractivity contribution is 6.07. The summed E-state index contributed by atoms with van der Waals surface area (Å²) in [6.45, 7) is 0.526. The number of rotatable bonds is 4. The fourth-order valence-corrected chi connectivity index (χ4v) is 3.08. The summed E-state index contributed by atoms with van der Waals surface area (Å²) in [5, 5.41) is 2.46. The predicted molar refractivity (Wildman–Crippen MR) is 83.7 cm³/mol. The molecule has 1 aliphatic heterocycles. The van der Waals surface area contributed by atoms with Crippen molar-refractivity contribution < 1.29 is 31.5 Å². The standard InChI is InChI=1S/C18H13F5N2O2/c1-2-18(9-6-4-3-5-7-9)16(26)25(17(27)24-18)8-10-11(19)13(21)15(23)14(22)12(10)20/h3-7H,2,8H2,1H3,(H,24,27)/t18-/m0/s1. The topological polar surface area (TPSA) is 49.4 Å². The van der Waals surface area contributed by atoms with E-state index in [-0.39, 0.29) is 6.42 Å². The van der Waals surface area contributed by atoms with Crippen LogP contribution in [-0.2, 0) is 16.9 Å². The van der Waals surface area contributed by atoms with Crippen LogP contribution in [0, 0.1) is 29.1 Å². The summed E-state index contributed by atoms with van der Waals surface area (Å²) >= 11 is 0. The Kier molecular flexibility index (Phi) is 4.63. The maximum Gasteiger partial charge on any atom is 0.325 e. The number of hydrogen-bond donors (Lipinski definition) is 1. The second-order valence-corrected chi connectivity index (χ2v) is 5.99. The van der Waals surface area contributed by atoms with E-state index in [1.54, 1.807) is 37.3 Å². The molecule has 1 N–H and O–H groups in total. The van der Waals surface area contributed by atoms with Crippen LogP contribution in [0.15, 0.2) is 30.3 Å². The summed E-state index contributed by atoms with van der Waals surface area (Å²) in [5.74, 6) is -11.6. The van der Waals surface area contributed by atoms with Crippen molar-refractivity contribution in [3.05, 3.63) is 70.5 Å². The molecule has 1 heterocycles. The molecule has 0 aliphatic carbocycles. The van der Waals surface area contributed by atoms with Crippen molar-refractivity contribution in [2.24, 2.45) is 0 Å². The molecule has 0 spiro atoms. The predicted octanol–water partition coefficient (Wildman–Crippen LogP) is 3.74. The van der Waals surface area contributed by atoms with Gasteiger partial charge in [-0.3, -0.25) is 9.69 Å². The van der Waals surface area contributed by atoms with E-state index in [0.29, 0.717) is 10.5 Å². The Bertz CT molecular complexity index is 906. The van der Waals surface area contributed by atoms with Gasteiger partial charge in [0.15, 0.2) is 23.3 Å². The van der Waals surface area contributed by atoms with E-state index in [1.165, 1.54) is 0 Å². The molecule has 4 nitrogen and oxygen atoms in total. The van der Waals surface area contributed by atoms with Crippen LogP contribution in [0.3, 0.4) is 0 Å². The molecule has 1 atom stereocenters. The highest BCUT2D eigenvalue weighted by atomic mass is 19.2. The number of carbonyl (C=O) groups excluding carboxylic acids is 2. The molecule has 2 aromatic carbocycles. The van der Waals surface area contributed by atoms with E-state index >= 15 is 0 Å². The highest BCUT2D eigenvalue weighted by Crippen LogP contribution is 2.34. The zero-order chi connectivity index (χ0) is 19.9. The van der Waals surface area contributed by atoms with Crippen molar-refractivity contribution in [3.8, 4) is 0 Å². The van der Waals surface area contributed by atoms with E-state index < -0.39 is 58.7 Å². The molecule has 0 radical (unpaired) electrons. The van der Waals surface area contributed by atoms with Gasteiger partial charge < -0.3 is 5.32 Å². The summed E-state index contributed by atoms with van der Waals surface area (Å²) in [6, 6.07) is 7.15. The zero-order valence-electron chi connectivity index (χ0n) is 14.0. The van der Waals surface area contributed by atoms with E-state index in [0.717, 1.165) is 0 Å². The van der Waals surface area contributed by atoms with Crippen molar-refractivity contribution in [3.63, 3.8) is 0 Å².